The van der Waals surface area contributed by atoms with Crippen molar-refractivity contribution in [2.45, 2.75) is 36.7 Å². The summed E-state index contributed by atoms with van der Waals surface area (Å²) in [4.78, 5) is 0. The van der Waals surface area contributed by atoms with Gasteiger partial charge < -0.3 is 0 Å². The maximum Gasteiger partial charge on any atom is 0.232 e. The summed E-state index contributed by atoms with van der Waals surface area (Å²) >= 11 is 2.32. The van der Waals surface area contributed by atoms with Crippen LogP contribution in [0.1, 0.15) is 30.9 Å². The van der Waals surface area contributed by atoms with Crippen molar-refractivity contribution in [3.05, 3.63) is 29.3 Å². The molecule has 100 valence electrons. The zero-order valence-corrected chi connectivity index (χ0v) is 14.0. The molecule has 0 saturated heterocycles. The van der Waals surface area contributed by atoms with Crippen molar-refractivity contribution in [2.75, 3.05) is 10.6 Å². The summed E-state index contributed by atoms with van der Waals surface area (Å²) in [5.41, 5.74) is 3.17. The Labute approximate surface area is 123 Å². The minimum atomic E-state index is -3.23. The number of alkyl halides is 1. The first kappa shape index (κ1) is 14.1. The molecule has 2 rings (SSSR count). The molecule has 0 aromatic heterocycles. The van der Waals surface area contributed by atoms with E-state index in [1.165, 1.54) is 11.8 Å². The van der Waals surface area contributed by atoms with Gasteiger partial charge in [0.05, 0.1) is 18.0 Å². The van der Waals surface area contributed by atoms with Gasteiger partial charge in [-0.1, -0.05) is 54.1 Å². The first-order chi connectivity index (χ1) is 8.23. The number of sulfonamides is 1. The van der Waals surface area contributed by atoms with Gasteiger partial charge >= 0.3 is 0 Å². The number of nitrogens with zero attached hydrogens (tertiary/aromatic N) is 1. The predicted octanol–water partition coefficient (Wildman–Crippen LogP) is 3.07. The van der Waals surface area contributed by atoms with Crippen molar-refractivity contribution in [2.24, 2.45) is 0 Å². The average molecular weight is 379 g/mol. The lowest BCUT2D eigenvalue weighted by Crippen LogP contribution is -2.42. The van der Waals surface area contributed by atoms with Crippen LogP contribution in [-0.4, -0.2) is 24.6 Å². The third-order valence-electron chi connectivity index (χ3n) is 3.52. The number of anilines is 1. The van der Waals surface area contributed by atoms with Crippen LogP contribution in [0.25, 0.3) is 0 Å². The lowest BCUT2D eigenvalue weighted by molar-refractivity contribution is 0.564. The van der Waals surface area contributed by atoms with Crippen LogP contribution in [0, 0.1) is 6.92 Å². The molecule has 3 nitrogen and oxygen atoms in total. The number of hydrogen-bond acceptors (Lipinski definition) is 2. The van der Waals surface area contributed by atoms with Gasteiger partial charge in [0.2, 0.25) is 10.0 Å². The van der Waals surface area contributed by atoms with E-state index < -0.39 is 10.0 Å². The highest BCUT2D eigenvalue weighted by molar-refractivity contribution is 14.1. The van der Waals surface area contributed by atoms with Gasteiger partial charge in [-0.3, -0.25) is 4.31 Å². The number of aryl methyl sites for hydroxylation is 1. The van der Waals surface area contributed by atoms with Crippen molar-refractivity contribution in [3.63, 3.8) is 0 Å². The Morgan fingerprint density at radius 1 is 1.39 bits per heavy atom. The van der Waals surface area contributed by atoms with Crippen molar-refractivity contribution in [1.82, 2.24) is 0 Å². The topological polar surface area (TPSA) is 37.4 Å². The molecular formula is C13H18INO2S. The molecular weight excluding hydrogens is 361 g/mol. The summed E-state index contributed by atoms with van der Waals surface area (Å²) in [7, 11) is -3.23. The lowest BCUT2D eigenvalue weighted by atomic mass is 9.95. The van der Waals surface area contributed by atoms with Crippen LogP contribution in [0.4, 0.5) is 5.69 Å². The highest BCUT2D eigenvalue weighted by Gasteiger charge is 2.42. The van der Waals surface area contributed by atoms with Crippen LogP contribution >= 0.6 is 22.6 Å². The second-order valence-electron chi connectivity index (χ2n) is 5.08. The van der Waals surface area contributed by atoms with Gasteiger partial charge in [-0.25, -0.2) is 8.42 Å². The van der Waals surface area contributed by atoms with E-state index in [-0.39, 0.29) is 15.9 Å². The molecule has 0 fully saturated rings. The Hall–Kier alpha value is -0.300. The molecule has 18 heavy (non-hydrogen) atoms. The van der Waals surface area contributed by atoms with E-state index in [4.69, 9.17) is 0 Å². The molecule has 3 unspecified atom stereocenters. The van der Waals surface area contributed by atoms with E-state index in [0.717, 1.165) is 11.3 Å². The third kappa shape index (κ3) is 2.27. The zero-order valence-electron chi connectivity index (χ0n) is 11.0. The quantitative estimate of drug-likeness (QED) is 0.585. The molecule has 1 aliphatic heterocycles. The van der Waals surface area contributed by atoms with Gasteiger partial charge in [0.1, 0.15) is 0 Å². The number of benzene rings is 1. The lowest BCUT2D eigenvalue weighted by Gasteiger charge is -2.29. The van der Waals surface area contributed by atoms with Crippen molar-refractivity contribution >= 4 is 38.3 Å². The molecule has 3 atom stereocenters. The molecule has 1 aromatic carbocycles. The van der Waals surface area contributed by atoms with Gasteiger partial charge in [0.25, 0.3) is 0 Å². The predicted molar refractivity (Wildman–Crippen MR) is 84.2 cm³/mol. The van der Waals surface area contributed by atoms with E-state index in [1.807, 2.05) is 19.1 Å². The molecule has 1 heterocycles. The minimum absolute atomic E-state index is 0.0115. The van der Waals surface area contributed by atoms with Crippen LogP contribution in [-0.2, 0) is 10.0 Å². The summed E-state index contributed by atoms with van der Waals surface area (Å²) in [6, 6.07) is 6.03. The van der Waals surface area contributed by atoms with Crippen LogP contribution < -0.4 is 4.31 Å². The molecule has 5 heteroatoms. The Kier molecular flexibility index (Phi) is 3.66. The maximum atomic E-state index is 12.1. The fourth-order valence-corrected chi connectivity index (χ4v) is 5.26. The van der Waals surface area contributed by atoms with Crippen LogP contribution in [0.2, 0.25) is 0 Å². The van der Waals surface area contributed by atoms with E-state index in [1.54, 1.807) is 4.31 Å². The van der Waals surface area contributed by atoms with Crippen molar-refractivity contribution in [1.29, 1.82) is 0 Å². The highest BCUT2D eigenvalue weighted by Crippen LogP contribution is 2.45. The third-order valence-corrected chi connectivity index (χ3v) is 5.41. The Morgan fingerprint density at radius 2 is 2.00 bits per heavy atom. The second kappa shape index (κ2) is 4.67. The van der Waals surface area contributed by atoms with Crippen LogP contribution in [0.5, 0.6) is 0 Å². The Morgan fingerprint density at radius 3 is 2.50 bits per heavy atom. The second-order valence-corrected chi connectivity index (χ2v) is 8.90. The van der Waals surface area contributed by atoms with Crippen LogP contribution in [0.3, 0.4) is 0 Å². The van der Waals surface area contributed by atoms with Crippen molar-refractivity contribution < 1.29 is 8.42 Å². The average Bonchev–Trinajstić information content (AvgIpc) is 2.51. The highest BCUT2D eigenvalue weighted by atomic mass is 127. The molecule has 0 bridgehead atoms. The normalized spacial score (nSPS) is 25.1. The molecule has 1 aromatic rings. The molecule has 0 radical (unpaired) electrons. The first-order valence-corrected chi connectivity index (χ1v) is 9.07. The number of rotatable bonds is 2. The SMILES string of the molecule is Cc1ccc2c(c1)C(C)C(C(C)I)N2S(C)(=O)=O. The van der Waals surface area contributed by atoms with Gasteiger partial charge in [-0.15, -0.1) is 0 Å². The Bertz CT molecular complexity index is 568. The Balaban J connectivity index is 2.64. The molecule has 1 aliphatic rings. The number of halogens is 1. The van der Waals surface area contributed by atoms with E-state index in [9.17, 15) is 8.42 Å². The van der Waals surface area contributed by atoms with E-state index >= 15 is 0 Å². The van der Waals surface area contributed by atoms with Gasteiger partial charge in [-0.05, 0) is 18.6 Å². The molecule has 0 aliphatic carbocycles. The largest absolute Gasteiger partial charge is 0.265 e. The van der Waals surface area contributed by atoms with E-state index in [0.29, 0.717) is 0 Å². The summed E-state index contributed by atoms with van der Waals surface area (Å²) in [5.74, 6) is 0.238. The number of hydrogen-bond donors (Lipinski definition) is 0. The molecule has 0 amide bonds. The van der Waals surface area contributed by atoms with Gasteiger partial charge in [0.15, 0.2) is 0 Å². The first-order valence-electron chi connectivity index (χ1n) is 5.97. The zero-order chi connectivity index (χ0) is 13.7. The minimum Gasteiger partial charge on any atom is -0.265 e. The summed E-state index contributed by atoms with van der Waals surface area (Å²) in [5, 5.41) is 0. The smallest absolute Gasteiger partial charge is 0.232 e. The fourth-order valence-electron chi connectivity index (χ4n) is 2.77. The summed E-state index contributed by atoms with van der Waals surface area (Å²) < 4.78 is 26.0. The molecule has 0 N–H and O–H groups in total. The fraction of sp³-hybridized carbons (Fsp3) is 0.538. The van der Waals surface area contributed by atoms with E-state index in [2.05, 4.69) is 42.5 Å². The molecule has 0 saturated carbocycles. The number of fused-ring (bicyclic) bond motifs is 1. The van der Waals surface area contributed by atoms with Gasteiger partial charge in [0, 0.05) is 9.84 Å². The standard InChI is InChI=1S/C13H18INO2S/c1-8-5-6-12-11(7-8)9(2)13(10(3)14)15(12)18(4,16)17/h5-7,9-10,13H,1-4H3. The van der Waals surface area contributed by atoms with Crippen molar-refractivity contribution in [3.8, 4) is 0 Å². The maximum absolute atomic E-state index is 12.1. The monoisotopic (exact) mass is 379 g/mol. The van der Waals surface area contributed by atoms with Crippen LogP contribution in [0.15, 0.2) is 18.2 Å². The molecule has 0 spiro atoms. The summed E-state index contributed by atoms with van der Waals surface area (Å²) in [6.07, 6.45) is 1.29. The van der Waals surface area contributed by atoms with Gasteiger partial charge in [-0.2, -0.15) is 0 Å². The summed E-state index contributed by atoms with van der Waals surface area (Å²) in [6.45, 7) is 6.22.